The second kappa shape index (κ2) is 12.3. The maximum atomic E-state index is 14.8. The highest BCUT2D eigenvalue weighted by molar-refractivity contribution is 7.99. The summed E-state index contributed by atoms with van der Waals surface area (Å²) in [5.41, 5.74) is -5.45. The molecular formula is C23H21ClF4N4O5S. The van der Waals surface area contributed by atoms with Crippen LogP contribution in [0.25, 0.3) is 5.69 Å². The van der Waals surface area contributed by atoms with Crippen LogP contribution in [0, 0.1) is 5.82 Å². The van der Waals surface area contributed by atoms with Gasteiger partial charge in [-0.3, -0.25) is 4.79 Å². The minimum atomic E-state index is -5.09. The molecule has 0 radical (unpaired) electrons. The molecule has 2 aromatic heterocycles. The fourth-order valence-corrected chi connectivity index (χ4v) is 4.33. The van der Waals surface area contributed by atoms with E-state index in [9.17, 15) is 31.9 Å². The first-order valence-electron chi connectivity index (χ1n) is 11.1. The number of pyridine rings is 1. The van der Waals surface area contributed by atoms with Gasteiger partial charge in [0, 0.05) is 17.2 Å². The third kappa shape index (κ3) is 6.86. The Bertz CT molecular complexity index is 1440. The molecule has 38 heavy (non-hydrogen) atoms. The largest absolute Gasteiger partial charge is 0.465 e. The van der Waals surface area contributed by atoms with Crippen molar-refractivity contribution >= 4 is 29.3 Å². The monoisotopic (exact) mass is 576 g/mol. The summed E-state index contributed by atoms with van der Waals surface area (Å²) in [6.07, 6.45) is -1.10. The highest BCUT2D eigenvalue weighted by Gasteiger charge is 2.36. The number of nitrogens with two attached hydrogens (primary N) is 1. The van der Waals surface area contributed by atoms with Crippen molar-refractivity contribution in [3.8, 4) is 11.6 Å². The lowest BCUT2D eigenvalue weighted by molar-refractivity contribution is -0.146. The van der Waals surface area contributed by atoms with Gasteiger partial charge in [0.1, 0.15) is 5.82 Å². The Morgan fingerprint density at radius 2 is 1.92 bits per heavy atom. The van der Waals surface area contributed by atoms with Gasteiger partial charge in [-0.1, -0.05) is 43.1 Å². The highest BCUT2D eigenvalue weighted by Crippen LogP contribution is 2.39. The lowest BCUT2D eigenvalue weighted by Gasteiger charge is -2.15. The van der Waals surface area contributed by atoms with E-state index in [-0.39, 0.29) is 37.7 Å². The number of unbranched alkanes of at least 4 members (excludes halogenated alkanes) is 2. The molecule has 2 heterocycles. The summed E-state index contributed by atoms with van der Waals surface area (Å²) in [5.74, 6) is 3.50. The topological polar surface area (TPSA) is 118 Å². The number of nitrogen functional groups attached to an aromatic ring is 1. The Kier molecular flexibility index (Phi) is 9.44. The molecule has 0 aliphatic rings. The molecule has 0 bridgehead atoms. The molecule has 0 saturated heterocycles. The lowest BCUT2D eigenvalue weighted by atomic mass is 10.3. The highest BCUT2D eigenvalue weighted by atomic mass is 35.5. The number of rotatable bonds is 10. The van der Waals surface area contributed by atoms with Gasteiger partial charge in [-0.2, -0.15) is 13.2 Å². The van der Waals surface area contributed by atoms with E-state index in [2.05, 4.69) is 4.98 Å². The first-order chi connectivity index (χ1) is 17.9. The van der Waals surface area contributed by atoms with E-state index in [1.54, 1.807) is 12.1 Å². The first-order valence-corrected chi connectivity index (χ1v) is 12.3. The lowest BCUT2D eigenvalue weighted by Crippen LogP contribution is -2.45. The smallest absolute Gasteiger partial charge is 0.433 e. The predicted molar refractivity (Wildman–Crippen MR) is 131 cm³/mol. The van der Waals surface area contributed by atoms with Crippen molar-refractivity contribution in [2.24, 2.45) is 0 Å². The van der Waals surface area contributed by atoms with Gasteiger partial charge in [-0.15, -0.1) is 0 Å². The van der Waals surface area contributed by atoms with Crippen molar-refractivity contribution < 1.29 is 31.8 Å². The van der Waals surface area contributed by atoms with Crippen LogP contribution < -0.4 is 21.8 Å². The molecule has 0 unspecified atom stereocenters. The van der Waals surface area contributed by atoms with Crippen LogP contribution in [0.15, 0.2) is 55.9 Å². The summed E-state index contributed by atoms with van der Waals surface area (Å²) in [5, 5.41) is -0.144. The second-order valence-corrected chi connectivity index (χ2v) is 9.20. The fourth-order valence-electron chi connectivity index (χ4n) is 3.15. The Morgan fingerprint density at radius 3 is 2.61 bits per heavy atom. The van der Waals surface area contributed by atoms with Crippen LogP contribution in [0.2, 0.25) is 5.02 Å². The van der Waals surface area contributed by atoms with Crippen LogP contribution in [-0.4, -0.2) is 33.4 Å². The zero-order valence-electron chi connectivity index (χ0n) is 19.8. The van der Waals surface area contributed by atoms with Crippen LogP contribution in [-0.2, 0) is 15.7 Å². The number of halogens is 5. The summed E-state index contributed by atoms with van der Waals surface area (Å²) in [6.45, 7) is 1.83. The molecule has 0 aliphatic carbocycles. The van der Waals surface area contributed by atoms with Gasteiger partial charge in [0.05, 0.1) is 22.2 Å². The number of hydrogen-bond acceptors (Lipinski definition) is 8. The van der Waals surface area contributed by atoms with Gasteiger partial charge in [-0.05, 0) is 30.7 Å². The molecule has 15 heteroatoms. The normalized spacial score (nSPS) is 11.4. The maximum Gasteiger partial charge on any atom is 0.433 e. The number of ether oxygens (including phenoxy) is 2. The molecule has 3 aromatic rings. The molecule has 9 nitrogen and oxygen atoms in total. The summed E-state index contributed by atoms with van der Waals surface area (Å²) in [7, 11) is 0. The zero-order valence-corrected chi connectivity index (χ0v) is 21.3. The fraction of sp³-hybridized carbons (Fsp3) is 0.304. The van der Waals surface area contributed by atoms with Crippen molar-refractivity contribution in [3.05, 3.63) is 73.9 Å². The Balaban J connectivity index is 1.91. The Morgan fingerprint density at radius 1 is 1.18 bits per heavy atom. The van der Waals surface area contributed by atoms with Crippen LogP contribution in [0.4, 0.5) is 17.6 Å². The average molecular weight is 577 g/mol. The van der Waals surface area contributed by atoms with Crippen molar-refractivity contribution in [3.63, 3.8) is 0 Å². The second-order valence-electron chi connectivity index (χ2n) is 7.71. The molecular weight excluding hydrogens is 556 g/mol. The molecule has 1 aromatic carbocycles. The van der Waals surface area contributed by atoms with Crippen molar-refractivity contribution in [1.29, 1.82) is 0 Å². The van der Waals surface area contributed by atoms with Gasteiger partial charge in [-0.25, -0.2) is 28.2 Å². The maximum absolute atomic E-state index is 14.8. The van der Waals surface area contributed by atoms with Crippen LogP contribution in [0.5, 0.6) is 5.88 Å². The van der Waals surface area contributed by atoms with Gasteiger partial charge >= 0.3 is 17.8 Å². The van der Waals surface area contributed by atoms with Gasteiger partial charge in [0.2, 0.25) is 5.88 Å². The number of esters is 1. The third-order valence-corrected chi connectivity index (χ3v) is 6.48. The van der Waals surface area contributed by atoms with Crippen molar-refractivity contribution in [1.82, 2.24) is 14.2 Å². The molecule has 0 saturated carbocycles. The summed E-state index contributed by atoms with van der Waals surface area (Å²) in [6, 6.07) is 4.96. The number of hydrogen-bond donors (Lipinski definition) is 1. The minimum Gasteiger partial charge on any atom is -0.465 e. The van der Waals surface area contributed by atoms with E-state index < -0.39 is 47.2 Å². The predicted octanol–water partition coefficient (Wildman–Crippen LogP) is 4.18. The summed E-state index contributed by atoms with van der Waals surface area (Å²) in [4.78, 5) is 41.3. The molecule has 0 fully saturated rings. The Labute approximate surface area is 222 Å². The van der Waals surface area contributed by atoms with E-state index >= 15 is 0 Å². The molecule has 0 amide bonds. The zero-order chi connectivity index (χ0) is 28.0. The van der Waals surface area contributed by atoms with E-state index in [0.717, 1.165) is 43.2 Å². The SMILES string of the molecule is CCCCCOC(=O)COc1ncccc1Sc1cc(-n2c(=O)cc(C(F)(F)F)n(N)c2=O)c(F)cc1Cl. The van der Waals surface area contributed by atoms with Crippen LogP contribution >= 0.6 is 23.4 Å². The minimum absolute atomic E-state index is 0.0148. The third-order valence-electron chi connectivity index (χ3n) is 4.96. The van der Waals surface area contributed by atoms with E-state index in [0.29, 0.717) is 4.90 Å². The number of benzene rings is 1. The van der Waals surface area contributed by atoms with Crippen LogP contribution in [0.1, 0.15) is 31.9 Å². The van der Waals surface area contributed by atoms with E-state index in [1.165, 1.54) is 6.20 Å². The number of alkyl halides is 3. The molecule has 3 rings (SSSR count). The van der Waals surface area contributed by atoms with Gasteiger partial charge in [0.15, 0.2) is 12.3 Å². The molecule has 2 N–H and O–H groups in total. The number of nitrogens with zero attached hydrogens (tertiary/aromatic N) is 3. The Hall–Kier alpha value is -3.52. The van der Waals surface area contributed by atoms with Crippen LogP contribution in [0.3, 0.4) is 0 Å². The van der Waals surface area contributed by atoms with Crippen molar-refractivity contribution in [2.75, 3.05) is 19.1 Å². The van der Waals surface area contributed by atoms with Crippen molar-refractivity contribution in [2.45, 2.75) is 42.2 Å². The first kappa shape index (κ1) is 29.0. The van der Waals surface area contributed by atoms with E-state index in [4.69, 9.17) is 26.9 Å². The van der Waals surface area contributed by atoms with E-state index in [1.807, 2.05) is 6.92 Å². The number of aromatic nitrogens is 3. The van der Waals surface area contributed by atoms with Gasteiger partial charge in [0.25, 0.3) is 5.56 Å². The summed E-state index contributed by atoms with van der Waals surface area (Å²) >= 11 is 7.04. The molecule has 0 aliphatic heterocycles. The number of carbonyl (C=O) groups is 1. The molecule has 0 atom stereocenters. The summed E-state index contributed by atoms with van der Waals surface area (Å²) < 4.78 is 64.4. The number of carbonyl (C=O) groups excluding carboxylic acids is 1. The van der Waals surface area contributed by atoms with Gasteiger partial charge < -0.3 is 15.3 Å². The molecule has 0 spiro atoms. The molecule has 204 valence electrons. The standard InChI is InChI=1S/C23H21ClF4N4O5S/c1-2-3-4-8-36-20(34)12-37-21-16(6-5-7-30-21)38-17-10-15(14(25)9-13(17)24)31-19(33)11-18(23(26,27)28)32(29)22(31)35/h5-7,9-11H,2-4,8,12,29H2,1H3. The quantitative estimate of drug-likeness (QED) is 0.165. The average Bonchev–Trinajstić information content (AvgIpc) is 2.85.